The van der Waals surface area contributed by atoms with Crippen molar-refractivity contribution in [3.05, 3.63) is 69.2 Å². The number of hydrogen-bond acceptors (Lipinski definition) is 1. The van der Waals surface area contributed by atoms with Crippen LogP contribution in [0.1, 0.15) is 23.5 Å². The van der Waals surface area contributed by atoms with E-state index >= 15 is 0 Å². The van der Waals surface area contributed by atoms with Gasteiger partial charge in [-0.1, -0.05) is 57.9 Å². The summed E-state index contributed by atoms with van der Waals surface area (Å²) in [7, 11) is 0. The molecular weight excluding hydrogens is 350 g/mol. The fourth-order valence-electron chi connectivity index (χ4n) is 2.56. The SMILES string of the molecule is O=C(Cc1cccc(Cl)c1)N[C@@H]1C[C@H]1c1ccccc1Br. The first kappa shape index (κ1) is 14.6. The normalized spacial score (nSPS) is 20.1. The molecule has 2 aromatic rings. The van der Waals surface area contributed by atoms with Gasteiger partial charge in [0.05, 0.1) is 6.42 Å². The number of hydrogen-bond donors (Lipinski definition) is 1. The van der Waals surface area contributed by atoms with E-state index < -0.39 is 0 Å². The zero-order valence-electron chi connectivity index (χ0n) is 11.4. The van der Waals surface area contributed by atoms with Gasteiger partial charge in [0, 0.05) is 21.5 Å². The number of carbonyl (C=O) groups is 1. The first-order chi connectivity index (χ1) is 10.1. The third kappa shape index (κ3) is 3.66. The van der Waals surface area contributed by atoms with Crippen LogP contribution in [-0.2, 0) is 11.2 Å². The van der Waals surface area contributed by atoms with Gasteiger partial charge < -0.3 is 5.32 Å². The zero-order chi connectivity index (χ0) is 14.8. The van der Waals surface area contributed by atoms with Crippen molar-refractivity contribution in [2.75, 3.05) is 0 Å². The quantitative estimate of drug-likeness (QED) is 0.860. The molecule has 0 aliphatic heterocycles. The van der Waals surface area contributed by atoms with E-state index in [-0.39, 0.29) is 11.9 Å². The van der Waals surface area contributed by atoms with Gasteiger partial charge in [0.2, 0.25) is 5.91 Å². The molecule has 0 saturated heterocycles. The van der Waals surface area contributed by atoms with Gasteiger partial charge in [0.15, 0.2) is 0 Å². The summed E-state index contributed by atoms with van der Waals surface area (Å²) in [6, 6.07) is 15.9. The molecule has 1 fully saturated rings. The Bertz CT molecular complexity index is 673. The highest BCUT2D eigenvalue weighted by Gasteiger charge is 2.40. The molecule has 0 unspecified atom stereocenters. The van der Waals surface area contributed by atoms with Crippen molar-refractivity contribution in [3.8, 4) is 0 Å². The first-order valence-electron chi connectivity index (χ1n) is 6.92. The molecule has 0 spiro atoms. The molecule has 3 rings (SSSR count). The lowest BCUT2D eigenvalue weighted by atomic mass is 10.1. The largest absolute Gasteiger partial charge is 0.352 e. The van der Waals surface area contributed by atoms with Gasteiger partial charge >= 0.3 is 0 Å². The Hall–Kier alpha value is -1.32. The number of benzene rings is 2. The summed E-state index contributed by atoms with van der Waals surface area (Å²) >= 11 is 9.50. The molecule has 0 aromatic heterocycles. The van der Waals surface area contributed by atoms with Gasteiger partial charge in [-0.05, 0) is 35.7 Å². The molecule has 0 bridgehead atoms. The molecule has 4 heteroatoms. The van der Waals surface area contributed by atoms with E-state index in [0.717, 1.165) is 16.5 Å². The molecule has 0 radical (unpaired) electrons. The molecule has 1 aliphatic carbocycles. The Balaban J connectivity index is 1.57. The van der Waals surface area contributed by atoms with Crippen molar-refractivity contribution in [2.24, 2.45) is 0 Å². The van der Waals surface area contributed by atoms with Crippen molar-refractivity contribution >= 4 is 33.4 Å². The van der Waals surface area contributed by atoms with Crippen LogP contribution in [-0.4, -0.2) is 11.9 Å². The predicted octanol–water partition coefficient (Wildman–Crippen LogP) is 4.32. The number of carbonyl (C=O) groups excluding carboxylic acids is 1. The number of amides is 1. The van der Waals surface area contributed by atoms with Gasteiger partial charge in [-0.2, -0.15) is 0 Å². The predicted molar refractivity (Wildman–Crippen MR) is 88.6 cm³/mol. The summed E-state index contributed by atoms with van der Waals surface area (Å²) in [5.74, 6) is 0.473. The van der Waals surface area contributed by atoms with Gasteiger partial charge in [-0.3, -0.25) is 4.79 Å². The second-order valence-electron chi connectivity index (χ2n) is 5.34. The Labute approximate surface area is 137 Å². The third-order valence-electron chi connectivity index (χ3n) is 3.70. The first-order valence-corrected chi connectivity index (χ1v) is 8.09. The zero-order valence-corrected chi connectivity index (χ0v) is 13.7. The van der Waals surface area contributed by atoms with Gasteiger partial charge in [-0.15, -0.1) is 0 Å². The molecule has 21 heavy (non-hydrogen) atoms. The van der Waals surface area contributed by atoms with E-state index in [1.165, 1.54) is 5.56 Å². The molecule has 1 amide bonds. The second-order valence-corrected chi connectivity index (χ2v) is 6.64. The third-order valence-corrected chi connectivity index (χ3v) is 4.65. The van der Waals surface area contributed by atoms with Crippen LogP contribution in [0.5, 0.6) is 0 Å². The summed E-state index contributed by atoms with van der Waals surface area (Å²) in [5.41, 5.74) is 2.21. The Morgan fingerprint density at radius 1 is 1.24 bits per heavy atom. The van der Waals surface area contributed by atoms with Crippen molar-refractivity contribution in [3.63, 3.8) is 0 Å². The van der Waals surface area contributed by atoms with Crippen LogP contribution in [0, 0.1) is 0 Å². The highest BCUT2D eigenvalue weighted by molar-refractivity contribution is 9.10. The molecule has 1 aliphatic rings. The van der Waals surface area contributed by atoms with Crippen molar-refractivity contribution in [1.29, 1.82) is 0 Å². The minimum Gasteiger partial charge on any atom is -0.352 e. The van der Waals surface area contributed by atoms with Crippen LogP contribution < -0.4 is 5.32 Å². The van der Waals surface area contributed by atoms with Crippen LogP contribution in [0.25, 0.3) is 0 Å². The molecule has 2 aromatic carbocycles. The lowest BCUT2D eigenvalue weighted by Crippen LogP contribution is -2.28. The van der Waals surface area contributed by atoms with Crippen LogP contribution in [0.15, 0.2) is 53.0 Å². The fourth-order valence-corrected chi connectivity index (χ4v) is 3.36. The van der Waals surface area contributed by atoms with E-state index in [1.807, 2.05) is 42.5 Å². The molecule has 2 nitrogen and oxygen atoms in total. The van der Waals surface area contributed by atoms with Gasteiger partial charge in [0.25, 0.3) is 0 Å². The highest BCUT2D eigenvalue weighted by atomic mass is 79.9. The summed E-state index contributed by atoms with van der Waals surface area (Å²) in [4.78, 5) is 12.1. The fraction of sp³-hybridized carbons (Fsp3) is 0.235. The summed E-state index contributed by atoms with van der Waals surface area (Å²) in [5, 5.41) is 3.76. The molecule has 1 saturated carbocycles. The van der Waals surface area contributed by atoms with E-state index in [4.69, 9.17) is 11.6 Å². The standard InChI is InChI=1S/C17H15BrClNO/c18-15-7-2-1-6-13(15)14-10-16(14)20-17(21)9-11-4-3-5-12(19)8-11/h1-8,14,16H,9-10H2,(H,20,21)/t14-,16+/m0/s1. The van der Waals surface area contributed by atoms with Crippen LogP contribution in [0.3, 0.4) is 0 Å². The van der Waals surface area contributed by atoms with E-state index in [1.54, 1.807) is 0 Å². The highest BCUT2D eigenvalue weighted by Crippen LogP contribution is 2.43. The average Bonchev–Trinajstić information content (AvgIpc) is 3.18. The monoisotopic (exact) mass is 363 g/mol. The molecule has 2 atom stereocenters. The van der Waals surface area contributed by atoms with Crippen LogP contribution in [0.2, 0.25) is 5.02 Å². The molecule has 0 heterocycles. The maximum atomic E-state index is 12.1. The lowest BCUT2D eigenvalue weighted by molar-refractivity contribution is -0.120. The Kier molecular flexibility index (Phi) is 4.32. The second kappa shape index (κ2) is 6.20. The summed E-state index contributed by atoms with van der Waals surface area (Å²) in [6.45, 7) is 0. The van der Waals surface area contributed by atoms with Crippen LogP contribution in [0.4, 0.5) is 0 Å². The topological polar surface area (TPSA) is 29.1 Å². The summed E-state index contributed by atoms with van der Waals surface area (Å²) < 4.78 is 1.11. The Morgan fingerprint density at radius 3 is 2.81 bits per heavy atom. The summed E-state index contributed by atoms with van der Waals surface area (Å²) in [6.07, 6.45) is 1.38. The minimum absolute atomic E-state index is 0.0526. The van der Waals surface area contributed by atoms with Gasteiger partial charge in [0.1, 0.15) is 0 Å². The Morgan fingerprint density at radius 2 is 2.05 bits per heavy atom. The number of rotatable bonds is 4. The molecular formula is C17H15BrClNO. The average molecular weight is 365 g/mol. The van der Waals surface area contributed by atoms with Crippen molar-refractivity contribution in [1.82, 2.24) is 5.32 Å². The smallest absolute Gasteiger partial charge is 0.224 e. The van der Waals surface area contributed by atoms with Crippen molar-refractivity contribution < 1.29 is 4.79 Å². The maximum absolute atomic E-state index is 12.1. The van der Waals surface area contributed by atoms with E-state index in [0.29, 0.717) is 17.4 Å². The van der Waals surface area contributed by atoms with Crippen LogP contribution >= 0.6 is 27.5 Å². The number of halogens is 2. The number of nitrogens with one attached hydrogen (secondary N) is 1. The van der Waals surface area contributed by atoms with Gasteiger partial charge in [-0.25, -0.2) is 0 Å². The lowest BCUT2D eigenvalue weighted by Gasteiger charge is -2.06. The molecule has 108 valence electrons. The molecule has 1 N–H and O–H groups in total. The maximum Gasteiger partial charge on any atom is 0.224 e. The van der Waals surface area contributed by atoms with E-state index in [2.05, 4.69) is 27.3 Å². The van der Waals surface area contributed by atoms with E-state index in [9.17, 15) is 4.79 Å². The van der Waals surface area contributed by atoms with Crippen molar-refractivity contribution in [2.45, 2.75) is 24.8 Å². The minimum atomic E-state index is 0.0526.